The number of carbonyl (C=O) groups is 3. The van der Waals surface area contributed by atoms with Crippen LogP contribution < -0.4 is 10.6 Å². The first-order chi connectivity index (χ1) is 22.9. The van der Waals surface area contributed by atoms with Gasteiger partial charge in [0.2, 0.25) is 5.91 Å². The van der Waals surface area contributed by atoms with E-state index in [0.29, 0.717) is 41.0 Å². The summed E-state index contributed by atoms with van der Waals surface area (Å²) in [5.41, 5.74) is 2.93. The molecule has 0 bridgehead atoms. The Morgan fingerprint density at radius 2 is 1.75 bits per heavy atom. The van der Waals surface area contributed by atoms with E-state index in [4.69, 9.17) is 4.74 Å². The van der Waals surface area contributed by atoms with Gasteiger partial charge in [0, 0.05) is 41.1 Å². The van der Waals surface area contributed by atoms with Crippen molar-refractivity contribution in [1.29, 1.82) is 0 Å². The third-order valence-electron chi connectivity index (χ3n) is 7.67. The number of nitrogens with one attached hydrogen (secondary N) is 2. The second-order valence-electron chi connectivity index (χ2n) is 12.6. The lowest BCUT2D eigenvalue weighted by Crippen LogP contribution is -2.53. The van der Waals surface area contributed by atoms with Crippen molar-refractivity contribution >= 4 is 39.5 Å². The normalized spacial score (nSPS) is 15.1. The fourth-order valence-electron chi connectivity index (χ4n) is 5.47. The molecule has 3 amide bonds. The van der Waals surface area contributed by atoms with Gasteiger partial charge < -0.3 is 25.4 Å². The first-order valence-corrected chi connectivity index (χ1v) is 16.5. The SMILES string of the molecule is Cn1cc(C#Cc2ccc(NC(=O)[C@@H]3CCCCN3C(=O)[C@H](NC(=O)OC(C)(C)C)c3ccccc3)cc2)c(-c2cc(Br)ccc2O)n1. The van der Waals surface area contributed by atoms with Crippen LogP contribution in [0.5, 0.6) is 5.75 Å². The molecule has 4 aromatic rings. The Bertz CT molecular complexity index is 1850. The van der Waals surface area contributed by atoms with Gasteiger partial charge in [0.25, 0.3) is 5.91 Å². The molecule has 10 nitrogen and oxygen atoms in total. The molecule has 3 aromatic carbocycles. The van der Waals surface area contributed by atoms with Crippen LogP contribution in [-0.2, 0) is 21.4 Å². The van der Waals surface area contributed by atoms with Crippen LogP contribution >= 0.6 is 15.9 Å². The molecule has 0 saturated carbocycles. The number of benzene rings is 3. The molecule has 11 heteroatoms. The number of likely N-dealkylation sites (tertiary alicyclic amines) is 1. The van der Waals surface area contributed by atoms with Gasteiger partial charge in [-0.3, -0.25) is 14.3 Å². The van der Waals surface area contributed by atoms with Crippen LogP contribution in [0, 0.1) is 11.8 Å². The number of aromatic hydroxyl groups is 1. The molecular weight excluding hydrogens is 674 g/mol. The smallest absolute Gasteiger partial charge is 0.408 e. The van der Waals surface area contributed by atoms with E-state index in [0.717, 1.165) is 22.9 Å². The number of rotatable bonds is 6. The van der Waals surface area contributed by atoms with Crippen LogP contribution in [0.25, 0.3) is 11.3 Å². The summed E-state index contributed by atoms with van der Waals surface area (Å²) in [4.78, 5) is 41.9. The van der Waals surface area contributed by atoms with Gasteiger partial charge >= 0.3 is 6.09 Å². The minimum Gasteiger partial charge on any atom is -0.507 e. The first-order valence-electron chi connectivity index (χ1n) is 15.7. The molecule has 1 aromatic heterocycles. The molecule has 248 valence electrons. The van der Waals surface area contributed by atoms with Gasteiger partial charge in [0.05, 0.1) is 5.56 Å². The Morgan fingerprint density at radius 1 is 1.02 bits per heavy atom. The minimum atomic E-state index is -1.01. The van der Waals surface area contributed by atoms with Gasteiger partial charge in [0.15, 0.2) is 0 Å². The van der Waals surface area contributed by atoms with Crippen molar-refractivity contribution in [2.45, 2.75) is 57.7 Å². The van der Waals surface area contributed by atoms with E-state index in [1.54, 1.807) is 110 Å². The summed E-state index contributed by atoms with van der Waals surface area (Å²) in [6.07, 6.45) is 3.11. The molecule has 1 aliphatic heterocycles. The fraction of sp³-hybridized carbons (Fsp3) is 0.297. The van der Waals surface area contributed by atoms with Crippen molar-refractivity contribution < 1.29 is 24.2 Å². The molecule has 0 aliphatic carbocycles. The van der Waals surface area contributed by atoms with Gasteiger partial charge in [-0.2, -0.15) is 5.10 Å². The molecule has 1 aliphatic rings. The lowest BCUT2D eigenvalue weighted by atomic mass is 9.98. The molecule has 5 rings (SSSR count). The number of ether oxygens (including phenoxy) is 1. The monoisotopic (exact) mass is 711 g/mol. The molecule has 0 unspecified atom stereocenters. The number of alkyl carbamates (subject to hydrolysis) is 1. The average molecular weight is 713 g/mol. The summed E-state index contributed by atoms with van der Waals surface area (Å²) in [6.45, 7) is 5.65. The number of aromatic nitrogens is 2. The van der Waals surface area contributed by atoms with Crippen molar-refractivity contribution in [1.82, 2.24) is 20.0 Å². The Balaban J connectivity index is 1.30. The number of piperidine rings is 1. The zero-order chi connectivity index (χ0) is 34.4. The summed E-state index contributed by atoms with van der Waals surface area (Å²) in [6, 6.07) is 19.5. The molecule has 48 heavy (non-hydrogen) atoms. The molecule has 2 heterocycles. The van der Waals surface area contributed by atoms with E-state index in [1.807, 2.05) is 6.07 Å². The van der Waals surface area contributed by atoms with E-state index in [9.17, 15) is 19.5 Å². The highest BCUT2D eigenvalue weighted by atomic mass is 79.9. The second kappa shape index (κ2) is 14.8. The lowest BCUT2D eigenvalue weighted by molar-refractivity contribution is -0.142. The highest BCUT2D eigenvalue weighted by molar-refractivity contribution is 9.10. The Kier molecular flexibility index (Phi) is 10.5. The predicted molar refractivity (Wildman–Crippen MR) is 187 cm³/mol. The van der Waals surface area contributed by atoms with Gasteiger partial charge in [0.1, 0.15) is 29.1 Å². The number of hydrogen-bond acceptors (Lipinski definition) is 6. The minimum absolute atomic E-state index is 0.105. The maximum atomic E-state index is 14.0. The molecule has 1 fully saturated rings. The second-order valence-corrected chi connectivity index (χ2v) is 13.5. The van der Waals surface area contributed by atoms with E-state index in [2.05, 4.69) is 43.5 Å². The fourth-order valence-corrected chi connectivity index (χ4v) is 5.83. The van der Waals surface area contributed by atoms with Crippen molar-refractivity contribution in [3.8, 4) is 28.8 Å². The molecule has 0 radical (unpaired) electrons. The number of phenols is 1. The summed E-state index contributed by atoms with van der Waals surface area (Å²) < 4.78 is 7.90. The standard InChI is InChI=1S/C37H38BrN5O5/c1-37(2,3)48-36(47)40-33(25-10-6-5-7-11-25)35(46)43-21-9-8-12-30(43)34(45)39-28-18-14-24(15-19-28)13-16-26-23-42(4)41-32(26)29-22-27(38)17-20-31(29)44/h5-7,10-11,14-15,17-20,22-23,30,33,44H,8-9,12,21H2,1-4H3,(H,39,45)(H,40,47)/t30-,33+/m0/s1. The van der Waals surface area contributed by atoms with Crippen LogP contribution in [-0.4, -0.2) is 55.9 Å². The maximum Gasteiger partial charge on any atom is 0.408 e. The molecule has 0 spiro atoms. The molecular formula is C37H38BrN5O5. The topological polar surface area (TPSA) is 126 Å². The van der Waals surface area contributed by atoms with Crippen molar-refractivity contribution in [2.75, 3.05) is 11.9 Å². The summed E-state index contributed by atoms with van der Waals surface area (Å²) >= 11 is 3.44. The lowest BCUT2D eigenvalue weighted by Gasteiger charge is -2.37. The third kappa shape index (κ3) is 8.63. The van der Waals surface area contributed by atoms with Crippen molar-refractivity contribution in [3.05, 3.63) is 100 Å². The van der Waals surface area contributed by atoms with Gasteiger partial charge in [-0.15, -0.1) is 0 Å². The van der Waals surface area contributed by atoms with Gasteiger partial charge in [-0.25, -0.2) is 4.79 Å². The Labute approximate surface area is 288 Å². The quantitative estimate of drug-likeness (QED) is 0.195. The van der Waals surface area contributed by atoms with E-state index < -0.39 is 23.8 Å². The maximum absolute atomic E-state index is 14.0. The van der Waals surface area contributed by atoms with Crippen molar-refractivity contribution in [3.63, 3.8) is 0 Å². The number of phenolic OH excluding ortho intramolecular Hbond substituents is 1. The van der Waals surface area contributed by atoms with Crippen molar-refractivity contribution in [2.24, 2.45) is 7.05 Å². The highest BCUT2D eigenvalue weighted by Gasteiger charge is 2.37. The molecule has 2 atom stereocenters. The summed E-state index contributed by atoms with van der Waals surface area (Å²) in [7, 11) is 1.79. The summed E-state index contributed by atoms with van der Waals surface area (Å²) in [5.74, 6) is 5.71. The van der Waals surface area contributed by atoms with Crippen LogP contribution in [0.2, 0.25) is 0 Å². The van der Waals surface area contributed by atoms with Gasteiger partial charge in [-0.1, -0.05) is 58.1 Å². The van der Waals surface area contributed by atoms with E-state index in [1.165, 1.54) is 0 Å². The van der Waals surface area contributed by atoms with Crippen LogP contribution in [0.15, 0.2) is 83.5 Å². The first kappa shape index (κ1) is 34.3. The zero-order valence-corrected chi connectivity index (χ0v) is 28.9. The zero-order valence-electron chi connectivity index (χ0n) is 27.3. The number of aryl methyl sites for hydroxylation is 1. The van der Waals surface area contributed by atoms with Crippen LogP contribution in [0.3, 0.4) is 0 Å². The Morgan fingerprint density at radius 3 is 2.46 bits per heavy atom. The number of anilines is 1. The number of amides is 3. The Hall–Kier alpha value is -5.08. The van der Waals surface area contributed by atoms with E-state index >= 15 is 0 Å². The highest BCUT2D eigenvalue weighted by Crippen LogP contribution is 2.33. The number of hydrogen-bond donors (Lipinski definition) is 3. The predicted octanol–water partition coefficient (Wildman–Crippen LogP) is 6.54. The van der Waals surface area contributed by atoms with Crippen LogP contribution in [0.1, 0.15) is 62.8 Å². The molecule has 1 saturated heterocycles. The van der Waals surface area contributed by atoms with E-state index in [-0.39, 0.29) is 17.6 Å². The number of nitrogens with zero attached hydrogens (tertiary/aromatic N) is 3. The van der Waals surface area contributed by atoms with Crippen LogP contribution in [0.4, 0.5) is 10.5 Å². The third-order valence-corrected chi connectivity index (χ3v) is 8.16. The number of carbonyl (C=O) groups excluding carboxylic acids is 3. The number of halogens is 1. The van der Waals surface area contributed by atoms with Gasteiger partial charge in [-0.05, 0) is 88.1 Å². The molecule has 3 N–H and O–H groups in total. The summed E-state index contributed by atoms with van der Waals surface area (Å²) in [5, 5.41) is 20.6. The largest absolute Gasteiger partial charge is 0.507 e. The average Bonchev–Trinajstić information content (AvgIpc) is 3.43.